The predicted octanol–water partition coefficient (Wildman–Crippen LogP) is 5.11. The topological polar surface area (TPSA) is 116 Å². The molecule has 0 spiro atoms. The minimum atomic E-state index is -1.52. The zero-order valence-electron chi connectivity index (χ0n) is 26.1. The van der Waals surface area contributed by atoms with E-state index in [-0.39, 0.29) is 10.8 Å². The van der Waals surface area contributed by atoms with Crippen LogP contribution >= 0.6 is 0 Å². The summed E-state index contributed by atoms with van der Waals surface area (Å²) in [4.78, 5) is 12.2. The van der Waals surface area contributed by atoms with Crippen LogP contribution in [0.5, 0.6) is 5.75 Å². The number of fused-ring (bicyclic) bond motifs is 1. The molecule has 1 heterocycles. The third kappa shape index (κ3) is 6.39. The largest absolute Gasteiger partial charge is 0.462 e. The zero-order valence-corrected chi connectivity index (χ0v) is 26.1. The molecule has 0 saturated carbocycles. The highest BCUT2D eigenvalue weighted by atomic mass is 16.7. The maximum absolute atomic E-state index is 12.2. The van der Waals surface area contributed by atoms with Gasteiger partial charge in [-0.15, -0.1) is 0 Å². The highest BCUT2D eigenvalue weighted by molar-refractivity contribution is 5.81. The molecule has 7 nitrogen and oxygen atoms in total. The van der Waals surface area contributed by atoms with E-state index < -0.39 is 43.2 Å². The molecule has 4 N–H and O–H groups in total. The molecule has 2 aliphatic rings. The Balaban J connectivity index is 1.29. The van der Waals surface area contributed by atoms with E-state index in [0.29, 0.717) is 5.75 Å². The lowest BCUT2D eigenvalue weighted by molar-refractivity contribution is -0.277. The van der Waals surface area contributed by atoms with E-state index in [1.165, 1.54) is 35.1 Å². The molecule has 3 aromatic rings. The molecule has 1 aliphatic heterocycles. The van der Waals surface area contributed by atoms with Crippen LogP contribution in [-0.2, 0) is 20.4 Å². The van der Waals surface area contributed by atoms with Crippen molar-refractivity contribution < 1.29 is 34.7 Å². The van der Waals surface area contributed by atoms with Crippen molar-refractivity contribution in [1.82, 2.24) is 0 Å². The van der Waals surface area contributed by atoms with E-state index in [4.69, 9.17) is 9.47 Å². The first-order valence-corrected chi connectivity index (χ1v) is 15.3. The smallest absolute Gasteiger partial charge is 0.229 e. The summed E-state index contributed by atoms with van der Waals surface area (Å²) in [5.74, 6) is -0.144. The number of hydrogen-bond donors (Lipinski definition) is 4. The summed E-state index contributed by atoms with van der Waals surface area (Å²) >= 11 is 0. The summed E-state index contributed by atoms with van der Waals surface area (Å²) < 4.78 is 11.1. The second-order valence-electron chi connectivity index (χ2n) is 13.5. The van der Waals surface area contributed by atoms with Crippen molar-refractivity contribution in [2.75, 3.05) is 6.61 Å². The Hall–Kier alpha value is -3.33. The lowest BCUT2D eigenvalue weighted by Crippen LogP contribution is -2.60. The SMILES string of the molecule is C/C(=C\c1ccc(C(C=O)c2ccc(O[C@@H]3O[C@H](CO)[C@@H](O)[C@H](O)[C@H]3O)cc2)cc1)c1ccc2c(c1)C(C)(C)CCC2(C)C. The van der Waals surface area contributed by atoms with Crippen LogP contribution in [-0.4, -0.2) is 64.0 Å². The van der Waals surface area contributed by atoms with Gasteiger partial charge in [-0.05, 0) is 81.7 Å². The van der Waals surface area contributed by atoms with E-state index in [9.17, 15) is 25.2 Å². The van der Waals surface area contributed by atoms with Crippen molar-refractivity contribution in [3.8, 4) is 5.75 Å². The van der Waals surface area contributed by atoms with Crippen LogP contribution in [0.4, 0.5) is 0 Å². The number of carbonyl (C=O) groups is 1. The Kier molecular flexibility index (Phi) is 9.17. The second-order valence-corrected chi connectivity index (χ2v) is 13.5. The molecule has 5 rings (SSSR count). The van der Waals surface area contributed by atoms with Gasteiger partial charge in [0.2, 0.25) is 6.29 Å². The molecule has 44 heavy (non-hydrogen) atoms. The Bertz CT molecular complexity index is 1490. The van der Waals surface area contributed by atoms with Gasteiger partial charge in [-0.3, -0.25) is 0 Å². The van der Waals surface area contributed by atoms with Gasteiger partial charge in [0.15, 0.2) is 0 Å². The number of benzene rings is 3. The monoisotopic (exact) mass is 600 g/mol. The lowest BCUT2D eigenvalue weighted by atomic mass is 9.63. The first-order valence-electron chi connectivity index (χ1n) is 15.3. The first kappa shape index (κ1) is 32.1. The van der Waals surface area contributed by atoms with Crippen molar-refractivity contribution >= 4 is 17.9 Å². The van der Waals surface area contributed by atoms with E-state index in [0.717, 1.165) is 23.0 Å². The summed E-state index contributed by atoms with van der Waals surface area (Å²) in [6.07, 6.45) is -1.38. The van der Waals surface area contributed by atoms with Gasteiger partial charge in [0.1, 0.15) is 36.5 Å². The molecule has 1 fully saturated rings. The molecule has 0 aromatic heterocycles. The average Bonchev–Trinajstić information content (AvgIpc) is 3.01. The van der Waals surface area contributed by atoms with E-state index in [1.54, 1.807) is 24.3 Å². The third-order valence-corrected chi connectivity index (χ3v) is 9.46. The van der Waals surface area contributed by atoms with Gasteiger partial charge < -0.3 is 34.7 Å². The van der Waals surface area contributed by atoms with Crippen LogP contribution in [0.15, 0.2) is 66.7 Å². The molecule has 1 unspecified atom stereocenters. The van der Waals surface area contributed by atoms with E-state index >= 15 is 0 Å². The second kappa shape index (κ2) is 12.6. The molecule has 6 atom stereocenters. The van der Waals surface area contributed by atoms with Crippen LogP contribution in [0.1, 0.15) is 86.8 Å². The Labute approximate surface area is 259 Å². The molecule has 0 bridgehead atoms. The average molecular weight is 601 g/mol. The van der Waals surface area contributed by atoms with Gasteiger partial charge in [-0.2, -0.15) is 0 Å². The maximum atomic E-state index is 12.2. The summed E-state index contributed by atoms with van der Waals surface area (Å²) in [5, 5.41) is 39.6. The molecule has 0 amide bonds. The van der Waals surface area contributed by atoms with E-state index in [2.05, 4.69) is 58.9 Å². The predicted molar refractivity (Wildman–Crippen MR) is 170 cm³/mol. The number of aliphatic hydroxyl groups is 4. The molecule has 0 radical (unpaired) electrons. The van der Waals surface area contributed by atoms with Crippen molar-refractivity contribution in [2.45, 2.75) is 94.9 Å². The maximum Gasteiger partial charge on any atom is 0.229 e. The highest BCUT2D eigenvalue weighted by Gasteiger charge is 2.44. The molecule has 1 aliphatic carbocycles. The molecular weight excluding hydrogens is 556 g/mol. The summed E-state index contributed by atoms with van der Waals surface area (Å²) in [5.41, 5.74) is 8.29. The quantitative estimate of drug-likeness (QED) is 0.210. The fourth-order valence-electron chi connectivity index (χ4n) is 6.37. The highest BCUT2D eigenvalue weighted by Crippen LogP contribution is 2.46. The minimum absolute atomic E-state index is 0.150. The number of carbonyl (C=O) groups excluding carboxylic acids is 1. The van der Waals surface area contributed by atoms with Crippen LogP contribution in [0.25, 0.3) is 11.6 Å². The molecule has 1 saturated heterocycles. The zero-order chi connectivity index (χ0) is 31.8. The normalized spacial score (nSPS) is 26.8. The molecule has 7 heteroatoms. The Morgan fingerprint density at radius 1 is 0.864 bits per heavy atom. The Morgan fingerprint density at radius 3 is 2.05 bits per heavy atom. The third-order valence-electron chi connectivity index (χ3n) is 9.46. The Morgan fingerprint density at radius 2 is 1.45 bits per heavy atom. The fraction of sp³-hybridized carbons (Fsp3) is 0.432. The van der Waals surface area contributed by atoms with Crippen LogP contribution in [0, 0.1) is 0 Å². The van der Waals surface area contributed by atoms with Gasteiger partial charge in [0.05, 0.1) is 12.5 Å². The number of hydrogen-bond acceptors (Lipinski definition) is 7. The molecular formula is C37H44O7. The van der Waals surface area contributed by atoms with Crippen molar-refractivity contribution in [2.24, 2.45) is 0 Å². The van der Waals surface area contributed by atoms with Crippen molar-refractivity contribution in [3.05, 3.63) is 100 Å². The van der Waals surface area contributed by atoms with Gasteiger partial charge in [0.25, 0.3) is 0 Å². The van der Waals surface area contributed by atoms with Crippen LogP contribution < -0.4 is 4.74 Å². The lowest BCUT2D eigenvalue weighted by Gasteiger charge is -2.42. The number of ether oxygens (including phenoxy) is 2. The summed E-state index contributed by atoms with van der Waals surface area (Å²) in [6.45, 7) is 11.0. The van der Waals surface area contributed by atoms with Gasteiger partial charge >= 0.3 is 0 Å². The van der Waals surface area contributed by atoms with Crippen molar-refractivity contribution in [1.29, 1.82) is 0 Å². The molecule has 234 valence electrons. The summed E-state index contributed by atoms with van der Waals surface area (Å²) in [6, 6.07) is 21.7. The van der Waals surface area contributed by atoms with E-state index in [1.807, 2.05) is 24.3 Å². The number of rotatable bonds is 8. The van der Waals surface area contributed by atoms with Crippen LogP contribution in [0.2, 0.25) is 0 Å². The number of aliphatic hydroxyl groups excluding tert-OH is 4. The fourth-order valence-corrected chi connectivity index (χ4v) is 6.37. The van der Waals surface area contributed by atoms with Gasteiger partial charge in [-0.25, -0.2) is 0 Å². The van der Waals surface area contributed by atoms with Crippen molar-refractivity contribution in [3.63, 3.8) is 0 Å². The van der Waals surface area contributed by atoms with Gasteiger partial charge in [0, 0.05) is 0 Å². The van der Waals surface area contributed by atoms with Gasteiger partial charge in [-0.1, -0.05) is 88.4 Å². The first-order chi connectivity index (χ1) is 20.8. The molecule has 3 aromatic carbocycles. The number of allylic oxidation sites excluding steroid dienone is 1. The number of aldehydes is 1. The summed E-state index contributed by atoms with van der Waals surface area (Å²) in [7, 11) is 0. The standard InChI is InChI=1S/C37H44O7/c1-22(26-12-15-29-30(19-26)37(4,5)17-16-36(29,2)3)18-23-6-8-24(9-7-23)28(20-38)25-10-13-27(14-11-25)43-35-34(42)33(41)32(40)31(21-39)44-35/h6-15,18-20,28,31-35,39-42H,16-17,21H2,1-5H3/b22-18+/t28?,31-,32-,33+,34-,35-/m1/s1. The minimum Gasteiger partial charge on any atom is -0.462 e. The van der Waals surface area contributed by atoms with Crippen LogP contribution in [0.3, 0.4) is 0 Å².